The van der Waals surface area contributed by atoms with E-state index in [4.69, 9.17) is 4.74 Å². The third-order valence-electron chi connectivity index (χ3n) is 2.67. The number of ether oxygens (including phenoxy) is 1. The van der Waals surface area contributed by atoms with Gasteiger partial charge in [0.15, 0.2) is 0 Å². The standard InChI is InChI=1S/C13H18F3NO/c1-3-4-5-12(13(14,15)16)17-10-6-8-11(18-2)9-7-10/h6-9,12,17H,3-5H2,1-2H3/t12-/m1/s1. The lowest BCUT2D eigenvalue weighted by atomic mass is 10.1. The van der Waals surface area contributed by atoms with Gasteiger partial charge in [0.1, 0.15) is 11.8 Å². The van der Waals surface area contributed by atoms with Crippen LogP contribution in [-0.2, 0) is 0 Å². The first-order valence-electron chi connectivity index (χ1n) is 5.94. The van der Waals surface area contributed by atoms with Crippen LogP contribution in [0.4, 0.5) is 18.9 Å². The Morgan fingerprint density at radius 1 is 1.22 bits per heavy atom. The lowest BCUT2D eigenvalue weighted by Crippen LogP contribution is -2.36. The summed E-state index contributed by atoms with van der Waals surface area (Å²) in [6.07, 6.45) is -2.84. The minimum absolute atomic E-state index is 0.0893. The van der Waals surface area contributed by atoms with Gasteiger partial charge in [0, 0.05) is 5.69 Å². The van der Waals surface area contributed by atoms with Crippen LogP contribution in [-0.4, -0.2) is 19.3 Å². The monoisotopic (exact) mass is 261 g/mol. The van der Waals surface area contributed by atoms with Crippen molar-refractivity contribution in [1.82, 2.24) is 0 Å². The van der Waals surface area contributed by atoms with Gasteiger partial charge in [-0.25, -0.2) is 0 Å². The Morgan fingerprint density at radius 2 is 1.83 bits per heavy atom. The van der Waals surface area contributed by atoms with Crippen LogP contribution in [0.15, 0.2) is 24.3 Å². The summed E-state index contributed by atoms with van der Waals surface area (Å²) < 4.78 is 43.3. The minimum atomic E-state index is -4.23. The Bertz CT molecular complexity index is 348. The van der Waals surface area contributed by atoms with E-state index in [-0.39, 0.29) is 6.42 Å². The third kappa shape index (κ3) is 4.47. The van der Waals surface area contributed by atoms with E-state index in [2.05, 4.69) is 5.32 Å². The van der Waals surface area contributed by atoms with Gasteiger partial charge in [0.05, 0.1) is 7.11 Å². The van der Waals surface area contributed by atoms with Crippen molar-refractivity contribution in [2.45, 2.75) is 38.4 Å². The Balaban J connectivity index is 2.69. The normalized spacial score (nSPS) is 13.2. The van der Waals surface area contributed by atoms with Crippen LogP contribution in [0.1, 0.15) is 26.2 Å². The largest absolute Gasteiger partial charge is 0.497 e. The first-order valence-corrected chi connectivity index (χ1v) is 5.94. The van der Waals surface area contributed by atoms with Crippen molar-refractivity contribution in [2.24, 2.45) is 0 Å². The van der Waals surface area contributed by atoms with E-state index in [9.17, 15) is 13.2 Å². The average Bonchev–Trinajstić information content (AvgIpc) is 2.34. The van der Waals surface area contributed by atoms with Crippen molar-refractivity contribution in [3.05, 3.63) is 24.3 Å². The molecule has 1 aromatic rings. The molecule has 2 nitrogen and oxygen atoms in total. The second kappa shape index (κ2) is 6.52. The molecule has 0 radical (unpaired) electrons. The molecule has 1 N–H and O–H groups in total. The van der Waals surface area contributed by atoms with Crippen molar-refractivity contribution >= 4 is 5.69 Å². The molecule has 0 spiro atoms. The van der Waals surface area contributed by atoms with Crippen molar-refractivity contribution < 1.29 is 17.9 Å². The van der Waals surface area contributed by atoms with Crippen molar-refractivity contribution in [3.8, 4) is 5.75 Å². The number of alkyl halides is 3. The predicted octanol–water partition coefficient (Wildman–Crippen LogP) is 4.23. The Morgan fingerprint density at radius 3 is 2.28 bits per heavy atom. The van der Waals surface area contributed by atoms with Gasteiger partial charge >= 0.3 is 6.18 Å². The van der Waals surface area contributed by atoms with E-state index in [1.807, 2.05) is 6.92 Å². The van der Waals surface area contributed by atoms with E-state index >= 15 is 0 Å². The van der Waals surface area contributed by atoms with Crippen molar-refractivity contribution in [1.29, 1.82) is 0 Å². The van der Waals surface area contributed by atoms with Gasteiger partial charge in [0.25, 0.3) is 0 Å². The highest BCUT2D eigenvalue weighted by molar-refractivity contribution is 5.47. The molecule has 18 heavy (non-hydrogen) atoms. The third-order valence-corrected chi connectivity index (χ3v) is 2.67. The summed E-state index contributed by atoms with van der Waals surface area (Å²) in [4.78, 5) is 0. The zero-order chi connectivity index (χ0) is 13.6. The molecule has 0 unspecified atom stereocenters. The lowest BCUT2D eigenvalue weighted by molar-refractivity contribution is -0.143. The first-order chi connectivity index (χ1) is 8.47. The molecule has 0 amide bonds. The molecular formula is C13H18F3NO. The van der Waals surface area contributed by atoms with Gasteiger partial charge in [-0.2, -0.15) is 13.2 Å². The summed E-state index contributed by atoms with van der Waals surface area (Å²) >= 11 is 0. The molecule has 0 fully saturated rings. The zero-order valence-electron chi connectivity index (χ0n) is 10.6. The van der Waals surface area contributed by atoms with Crippen LogP contribution < -0.4 is 10.1 Å². The van der Waals surface area contributed by atoms with Crippen molar-refractivity contribution in [2.75, 3.05) is 12.4 Å². The molecule has 0 aliphatic heterocycles. The summed E-state index contributed by atoms with van der Waals surface area (Å²) in [6.45, 7) is 1.88. The number of methoxy groups -OCH3 is 1. The molecule has 0 heterocycles. The number of anilines is 1. The van der Waals surface area contributed by atoms with Gasteiger partial charge in [-0.15, -0.1) is 0 Å². The fraction of sp³-hybridized carbons (Fsp3) is 0.538. The van der Waals surface area contributed by atoms with E-state index in [1.165, 1.54) is 7.11 Å². The Kier molecular flexibility index (Phi) is 5.31. The molecule has 0 aromatic heterocycles. The smallest absolute Gasteiger partial charge is 0.408 e. The zero-order valence-corrected chi connectivity index (χ0v) is 10.6. The summed E-state index contributed by atoms with van der Waals surface area (Å²) in [6, 6.07) is 4.95. The number of hydrogen-bond acceptors (Lipinski definition) is 2. The summed E-state index contributed by atoms with van der Waals surface area (Å²) in [5.41, 5.74) is 0.453. The van der Waals surface area contributed by atoms with Crippen LogP contribution in [0.25, 0.3) is 0 Å². The quantitative estimate of drug-likeness (QED) is 0.827. The van der Waals surface area contributed by atoms with Gasteiger partial charge in [-0.3, -0.25) is 0 Å². The molecule has 1 rings (SSSR count). The highest BCUT2D eigenvalue weighted by Gasteiger charge is 2.38. The Hall–Kier alpha value is -1.39. The van der Waals surface area contributed by atoms with E-state index in [0.717, 1.165) is 6.42 Å². The van der Waals surface area contributed by atoms with Crippen LogP contribution in [0.5, 0.6) is 5.75 Å². The van der Waals surface area contributed by atoms with Gasteiger partial charge in [-0.1, -0.05) is 19.8 Å². The molecule has 5 heteroatoms. The maximum Gasteiger partial charge on any atom is 0.408 e. The van der Waals surface area contributed by atoms with Crippen molar-refractivity contribution in [3.63, 3.8) is 0 Å². The molecule has 1 atom stereocenters. The maximum absolute atomic E-state index is 12.8. The van der Waals surface area contributed by atoms with E-state index < -0.39 is 12.2 Å². The number of halogens is 3. The average molecular weight is 261 g/mol. The fourth-order valence-electron chi connectivity index (χ4n) is 1.61. The highest BCUT2D eigenvalue weighted by atomic mass is 19.4. The van der Waals surface area contributed by atoms with Crippen LogP contribution in [0.3, 0.4) is 0 Å². The lowest BCUT2D eigenvalue weighted by Gasteiger charge is -2.22. The summed E-state index contributed by atoms with van der Waals surface area (Å²) in [7, 11) is 1.52. The topological polar surface area (TPSA) is 21.3 Å². The first kappa shape index (κ1) is 14.7. The minimum Gasteiger partial charge on any atom is -0.497 e. The number of nitrogens with one attached hydrogen (secondary N) is 1. The molecule has 0 saturated heterocycles. The van der Waals surface area contributed by atoms with Gasteiger partial charge < -0.3 is 10.1 Å². The second-order valence-electron chi connectivity index (χ2n) is 4.11. The number of benzene rings is 1. The summed E-state index contributed by atoms with van der Waals surface area (Å²) in [5, 5.41) is 2.52. The molecule has 1 aromatic carbocycles. The number of hydrogen-bond donors (Lipinski definition) is 1. The van der Waals surface area contributed by atoms with E-state index in [1.54, 1.807) is 24.3 Å². The fourth-order valence-corrected chi connectivity index (χ4v) is 1.61. The van der Waals surface area contributed by atoms with Crippen LogP contribution >= 0.6 is 0 Å². The second-order valence-corrected chi connectivity index (χ2v) is 4.11. The summed E-state index contributed by atoms with van der Waals surface area (Å²) in [5.74, 6) is 0.623. The van der Waals surface area contributed by atoms with Crippen LogP contribution in [0.2, 0.25) is 0 Å². The number of rotatable bonds is 6. The maximum atomic E-state index is 12.8. The number of unbranched alkanes of at least 4 members (excludes halogenated alkanes) is 1. The Labute approximate surface area is 105 Å². The van der Waals surface area contributed by atoms with Crippen LogP contribution in [0, 0.1) is 0 Å². The van der Waals surface area contributed by atoms with E-state index in [0.29, 0.717) is 17.9 Å². The predicted molar refractivity (Wildman–Crippen MR) is 66.0 cm³/mol. The van der Waals surface area contributed by atoms with Gasteiger partial charge in [-0.05, 0) is 30.7 Å². The van der Waals surface area contributed by atoms with Gasteiger partial charge in [0.2, 0.25) is 0 Å². The SMILES string of the molecule is CCCC[C@@H](Nc1ccc(OC)cc1)C(F)(F)F. The highest BCUT2D eigenvalue weighted by Crippen LogP contribution is 2.27. The molecule has 0 aliphatic carbocycles. The molecule has 0 saturated carbocycles. The molecule has 102 valence electrons. The molecule has 0 aliphatic rings. The molecule has 0 bridgehead atoms. The molecular weight excluding hydrogens is 243 g/mol.